The number of likely N-dealkylation sites (N-methyl/N-ethyl adjacent to an activating group) is 1. The molecule has 0 unspecified atom stereocenters. The van der Waals surface area contributed by atoms with Crippen LogP contribution in [0.4, 0.5) is 11.8 Å². The maximum absolute atomic E-state index is 5.85. The maximum Gasteiger partial charge on any atom is 0.222 e. The first kappa shape index (κ1) is 13.6. The number of nitrogens with two attached hydrogens (primary N) is 1. The first-order chi connectivity index (χ1) is 10.2. The second kappa shape index (κ2) is 5.57. The molecule has 1 fully saturated rings. The Balaban J connectivity index is 1.94. The minimum Gasteiger partial charge on any atom is -0.493 e. The number of rotatable bonds is 4. The number of anilines is 2. The molecule has 8 nitrogen and oxygen atoms in total. The Labute approximate surface area is 122 Å². The van der Waals surface area contributed by atoms with Crippen LogP contribution >= 0.6 is 0 Å². The van der Waals surface area contributed by atoms with Gasteiger partial charge in [-0.2, -0.15) is 10.1 Å². The van der Waals surface area contributed by atoms with Crippen molar-refractivity contribution in [3.05, 3.63) is 12.3 Å². The number of nitrogens with zero attached hydrogens (tertiary/aromatic N) is 4. The first-order valence-electron chi connectivity index (χ1n) is 6.85. The Morgan fingerprint density at radius 2 is 2.33 bits per heavy atom. The highest BCUT2D eigenvalue weighted by molar-refractivity contribution is 5.66. The second-order valence-corrected chi connectivity index (χ2v) is 5.00. The van der Waals surface area contributed by atoms with Crippen LogP contribution in [0, 0.1) is 0 Å². The van der Waals surface area contributed by atoms with Crippen LogP contribution in [0.1, 0.15) is 6.42 Å². The molecule has 4 N–H and O–H groups in total. The molecule has 1 saturated heterocycles. The summed E-state index contributed by atoms with van der Waals surface area (Å²) in [6, 6.07) is 2.39. The summed E-state index contributed by atoms with van der Waals surface area (Å²) >= 11 is 0. The molecule has 2 aromatic rings. The van der Waals surface area contributed by atoms with E-state index in [0.717, 1.165) is 25.3 Å². The molecule has 3 rings (SSSR count). The molecule has 112 valence electrons. The number of nitrogen functional groups attached to an aromatic ring is 1. The third-order valence-corrected chi connectivity index (χ3v) is 3.73. The number of aromatic nitrogens is 4. The molecule has 0 spiro atoms. The Bertz CT molecular complexity index is 627. The molecule has 0 radical (unpaired) electrons. The van der Waals surface area contributed by atoms with Gasteiger partial charge >= 0.3 is 0 Å². The number of methoxy groups -OCH3 is 1. The van der Waals surface area contributed by atoms with E-state index < -0.39 is 0 Å². The summed E-state index contributed by atoms with van der Waals surface area (Å²) in [7, 11) is 3.57. The molecule has 21 heavy (non-hydrogen) atoms. The summed E-state index contributed by atoms with van der Waals surface area (Å²) in [5.74, 6) is 1.70. The Morgan fingerprint density at radius 1 is 1.48 bits per heavy atom. The highest BCUT2D eigenvalue weighted by Gasteiger charge is 2.23. The summed E-state index contributed by atoms with van der Waals surface area (Å²) in [4.78, 5) is 10.8. The van der Waals surface area contributed by atoms with Crippen LogP contribution in [0.2, 0.25) is 0 Å². The average Bonchev–Trinajstić information content (AvgIpc) is 3.15. The summed E-state index contributed by atoms with van der Waals surface area (Å²) in [6.45, 7) is 1.86. The van der Waals surface area contributed by atoms with Gasteiger partial charge in [-0.05, 0) is 13.5 Å². The molecule has 8 heteroatoms. The highest BCUT2D eigenvalue weighted by Crippen LogP contribution is 2.29. The number of aromatic amines is 1. The fourth-order valence-electron chi connectivity index (χ4n) is 2.56. The van der Waals surface area contributed by atoms with E-state index in [1.165, 1.54) is 0 Å². The van der Waals surface area contributed by atoms with Crippen LogP contribution in [-0.4, -0.2) is 53.5 Å². The zero-order valence-electron chi connectivity index (χ0n) is 12.1. The van der Waals surface area contributed by atoms with Crippen LogP contribution in [0.5, 0.6) is 5.75 Å². The van der Waals surface area contributed by atoms with Gasteiger partial charge in [-0.25, -0.2) is 4.98 Å². The zero-order valence-corrected chi connectivity index (χ0v) is 12.1. The van der Waals surface area contributed by atoms with Crippen LogP contribution in [0.15, 0.2) is 12.3 Å². The van der Waals surface area contributed by atoms with Crippen molar-refractivity contribution in [3.63, 3.8) is 0 Å². The van der Waals surface area contributed by atoms with E-state index in [4.69, 9.17) is 10.5 Å². The lowest BCUT2D eigenvalue weighted by Gasteiger charge is -2.18. The normalized spacial score (nSPS) is 18.2. The first-order valence-corrected chi connectivity index (χ1v) is 6.85. The number of ether oxygens (including phenoxy) is 1. The van der Waals surface area contributed by atoms with Crippen LogP contribution in [0.25, 0.3) is 11.4 Å². The van der Waals surface area contributed by atoms with Crippen molar-refractivity contribution >= 4 is 11.8 Å². The van der Waals surface area contributed by atoms with Crippen LogP contribution in [0.3, 0.4) is 0 Å². The third-order valence-electron chi connectivity index (χ3n) is 3.73. The SMILES string of the molecule is CN[C@@H]1CCN(c2cc(-c3[nH]ncc3OC)nc(N)n2)C1. The summed E-state index contributed by atoms with van der Waals surface area (Å²) in [5.41, 5.74) is 7.24. The van der Waals surface area contributed by atoms with Gasteiger partial charge in [-0.1, -0.05) is 0 Å². The molecular weight excluding hydrogens is 270 g/mol. The fourth-order valence-corrected chi connectivity index (χ4v) is 2.56. The number of hydrogen-bond acceptors (Lipinski definition) is 7. The fraction of sp³-hybridized carbons (Fsp3) is 0.462. The van der Waals surface area contributed by atoms with Gasteiger partial charge in [0.05, 0.1) is 19.0 Å². The van der Waals surface area contributed by atoms with E-state index in [1.807, 2.05) is 13.1 Å². The summed E-state index contributed by atoms with van der Waals surface area (Å²) < 4.78 is 5.26. The smallest absolute Gasteiger partial charge is 0.222 e. The van der Waals surface area contributed by atoms with Crippen molar-refractivity contribution in [1.29, 1.82) is 0 Å². The molecule has 0 aliphatic carbocycles. The van der Waals surface area contributed by atoms with Crippen molar-refractivity contribution in [2.75, 3.05) is 37.9 Å². The van der Waals surface area contributed by atoms with Crippen LogP contribution < -0.4 is 20.7 Å². The number of nitrogens with one attached hydrogen (secondary N) is 2. The molecule has 0 aromatic carbocycles. The predicted molar refractivity (Wildman–Crippen MR) is 80.3 cm³/mol. The molecule has 2 aromatic heterocycles. The standard InChI is InChI=1S/C13H19N7O/c1-15-8-3-4-20(7-8)11-5-9(17-13(14)18-11)12-10(21-2)6-16-19-12/h5-6,8,15H,3-4,7H2,1-2H3,(H,16,19)(H2,14,17,18)/t8-/m1/s1. The van der Waals surface area contributed by atoms with Crippen molar-refractivity contribution in [2.24, 2.45) is 0 Å². The van der Waals surface area contributed by atoms with Crippen molar-refractivity contribution in [2.45, 2.75) is 12.5 Å². The lowest BCUT2D eigenvalue weighted by atomic mass is 10.2. The van der Waals surface area contributed by atoms with Crippen molar-refractivity contribution < 1.29 is 4.74 Å². The van der Waals surface area contributed by atoms with Gasteiger partial charge in [-0.15, -0.1) is 0 Å². The van der Waals surface area contributed by atoms with E-state index in [0.29, 0.717) is 23.2 Å². The molecule has 3 heterocycles. The van der Waals surface area contributed by atoms with E-state index in [-0.39, 0.29) is 5.95 Å². The highest BCUT2D eigenvalue weighted by atomic mass is 16.5. The molecular formula is C13H19N7O. The Morgan fingerprint density at radius 3 is 3.05 bits per heavy atom. The minimum absolute atomic E-state index is 0.243. The molecule has 1 aliphatic rings. The lowest BCUT2D eigenvalue weighted by molar-refractivity contribution is 0.416. The number of hydrogen-bond donors (Lipinski definition) is 3. The van der Waals surface area contributed by atoms with Gasteiger partial charge in [0, 0.05) is 25.2 Å². The summed E-state index contributed by atoms with van der Waals surface area (Å²) in [5, 5.41) is 10.1. The van der Waals surface area contributed by atoms with Gasteiger partial charge in [0.1, 0.15) is 11.5 Å². The summed E-state index contributed by atoms with van der Waals surface area (Å²) in [6.07, 6.45) is 2.70. The van der Waals surface area contributed by atoms with E-state index in [1.54, 1.807) is 13.3 Å². The van der Waals surface area contributed by atoms with Gasteiger partial charge in [-0.3, -0.25) is 5.10 Å². The average molecular weight is 289 g/mol. The van der Waals surface area contributed by atoms with Crippen molar-refractivity contribution in [3.8, 4) is 17.1 Å². The Hall–Kier alpha value is -2.35. The van der Waals surface area contributed by atoms with Crippen molar-refractivity contribution in [1.82, 2.24) is 25.5 Å². The number of H-pyrrole nitrogens is 1. The van der Waals surface area contributed by atoms with Gasteiger partial charge in [0.15, 0.2) is 5.75 Å². The van der Waals surface area contributed by atoms with E-state index in [9.17, 15) is 0 Å². The predicted octanol–water partition coefficient (Wildman–Crippen LogP) is 0.256. The molecule has 1 atom stereocenters. The quantitative estimate of drug-likeness (QED) is 0.741. The van der Waals surface area contributed by atoms with Crippen LogP contribution in [-0.2, 0) is 0 Å². The molecule has 0 amide bonds. The van der Waals surface area contributed by atoms with Gasteiger partial charge in [0.25, 0.3) is 0 Å². The molecule has 1 aliphatic heterocycles. The molecule has 0 bridgehead atoms. The lowest BCUT2D eigenvalue weighted by Crippen LogP contribution is -2.30. The van der Waals surface area contributed by atoms with Gasteiger partial charge < -0.3 is 20.7 Å². The Kier molecular flexibility index (Phi) is 3.61. The van der Waals surface area contributed by atoms with E-state index in [2.05, 4.69) is 30.4 Å². The second-order valence-electron chi connectivity index (χ2n) is 5.00. The monoisotopic (exact) mass is 289 g/mol. The zero-order chi connectivity index (χ0) is 14.8. The largest absolute Gasteiger partial charge is 0.493 e. The topological polar surface area (TPSA) is 105 Å². The van der Waals surface area contributed by atoms with Gasteiger partial charge in [0.2, 0.25) is 5.95 Å². The third kappa shape index (κ3) is 2.62. The van der Waals surface area contributed by atoms with E-state index >= 15 is 0 Å². The molecule has 0 saturated carbocycles. The minimum atomic E-state index is 0.243. The maximum atomic E-state index is 5.85.